The lowest BCUT2D eigenvalue weighted by atomic mass is 10.2. The third-order valence-electron chi connectivity index (χ3n) is 2.77. The molecular formula is C13H14FN3O3S. The van der Waals surface area contributed by atoms with Gasteiger partial charge >= 0.3 is 5.97 Å². The van der Waals surface area contributed by atoms with E-state index in [9.17, 15) is 9.18 Å². The van der Waals surface area contributed by atoms with Crippen LogP contribution in [0.25, 0.3) is 11.4 Å². The van der Waals surface area contributed by atoms with E-state index in [4.69, 9.17) is 9.84 Å². The van der Waals surface area contributed by atoms with Crippen molar-refractivity contribution in [2.75, 3.05) is 12.9 Å². The molecule has 0 aliphatic carbocycles. The molecule has 0 spiro atoms. The minimum Gasteiger partial charge on any atom is -0.497 e. The molecule has 0 aliphatic rings. The van der Waals surface area contributed by atoms with Gasteiger partial charge in [-0.25, -0.2) is 4.39 Å². The lowest BCUT2D eigenvalue weighted by molar-refractivity contribution is -0.133. The molecule has 0 saturated carbocycles. The van der Waals surface area contributed by atoms with Crippen LogP contribution >= 0.6 is 11.8 Å². The summed E-state index contributed by atoms with van der Waals surface area (Å²) in [6.45, 7) is 2.37. The number of rotatable bonds is 6. The number of carboxylic acid groups (broad SMARTS) is 1. The molecule has 2 rings (SSSR count). The normalized spacial score (nSPS) is 10.6. The Bertz CT molecular complexity index is 660. The second kappa shape index (κ2) is 6.57. The molecule has 6 nitrogen and oxygen atoms in total. The van der Waals surface area contributed by atoms with Gasteiger partial charge in [0.2, 0.25) is 0 Å². The summed E-state index contributed by atoms with van der Waals surface area (Å²) in [6.07, 6.45) is 0. The van der Waals surface area contributed by atoms with Crippen LogP contribution in [-0.4, -0.2) is 38.7 Å². The molecule has 2 aromatic rings. The van der Waals surface area contributed by atoms with Gasteiger partial charge in [0.25, 0.3) is 0 Å². The van der Waals surface area contributed by atoms with E-state index >= 15 is 0 Å². The van der Waals surface area contributed by atoms with Gasteiger partial charge in [-0.15, -0.1) is 10.2 Å². The average Bonchev–Trinajstić information content (AvgIpc) is 2.87. The van der Waals surface area contributed by atoms with E-state index in [-0.39, 0.29) is 5.75 Å². The molecule has 1 heterocycles. The van der Waals surface area contributed by atoms with Crippen molar-refractivity contribution >= 4 is 17.7 Å². The summed E-state index contributed by atoms with van der Waals surface area (Å²) in [7, 11) is 1.46. The lowest BCUT2D eigenvalue weighted by Crippen LogP contribution is -2.04. The highest BCUT2D eigenvalue weighted by atomic mass is 32.2. The number of carboxylic acids is 1. The summed E-state index contributed by atoms with van der Waals surface area (Å²) < 4.78 is 20.7. The molecule has 0 saturated heterocycles. The van der Waals surface area contributed by atoms with Gasteiger partial charge in [0, 0.05) is 12.6 Å². The first-order chi connectivity index (χ1) is 10.1. The van der Waals surface area contributed by atoms with Crippen molar-refractivity contribution in [3.8, 4) is 17.1 Å². The van der Waals surface area contributed by atoms with Crippen LogP contribution in [0.15, 0.2) is 23.4 Å². The predicted octanol–water partition coefficient (Wildman–Crippen LogP) is 2.29. The standard InChI is InChI=1S/C13H14FN3O3S/c1-3-17-12(15-16-13(17)21-7-11(18)19)9-5-4-8(20-2)6-10(9)14/h4-6H,3,7H2,1-2H3,(H,18,19). The van der Waals surface area contributed by atoms with Crippen LogP contribution in [0.3, 0.4) is 0 Å². The maximum absolute atomic E-state index is 14.1. The van der Waals surface area contributed by atoms with Crippen LogP contribution in [0.4, 0.5) is 4.39 Å². The summed E-state index contributed by atoms with van der Waals surface area (Å²) in [6, 6.07) is 4.47. The van der Waals surface area contributed by atoms with Crippen LogP contribution < -0.4 is 4.74 Å². The van der Waals surface area contributed by atoms with Gasteiger partial charge in [-0.1, -0.05) is 11.8 Å². The van der Waals surface area contributed by atoms with Crippen molar-refractivity contribution in [3.05, 3.63) is 24.0 Å². The number of aromatic nitrogens is 3. The van der Waals surface area contributed by atoms with E-state index < -0.39 is 11.8 Å². The Morgan fingerprint density at radius 2 is 2.24 bits per heavy atom. The van der Waals surface area contributed by atoms with Crippen molar-refractivity contribution in [3.63, 3.8) is 0 Å². The molecular weight excluding hydrogens is 297 g/mol. The summed E-state index contributed by atoms with van der Waals surface area (Å²) in [5, 5.41) is 17.1. The topological polar surface area (TPSA) is 77.2 Å². The minimum atomic E-state index is -0.942. The number of nitrogens with zero attached hydrogens (tertiary/aromatic N) is 3. The zero-order chi connectivity index (χ0) is 15.4. The van der Waals surface area contributed by atoms with Crippen molar-refractivity contribution in [2.24, 2.45) is 0 Å². The summed E-state index contributed by atoms with van der Waals surface area (Å²) >= 11 is 1.05. The Hall–Kier alpha value is -2.09. The first-order valence-corrected chi connectivity index (χ1v) is 7.17. The van der Waals surface area contributed by atoms with E-state index in [1.807, 2.05) is 6.92 Å². The average molecular weight is 311 g/mol. The van der Waals surface area contributed by atoms with E-state index in [1.165, 1.54) is 13.2 Å². The Kier molecular flexibility index (Phi) is 4.79. The first kappa shape index (κ1) is 15.3. The van der Waals surface area contributed by atoms with Gasteiger partial charge < -0.3 is 14.4 Å². The highest BCUT2D eigenvalue weighted by Gasteiger charge is 2.17. The second-order valence-corrected chi connectivity index (χ2v) is 5.02. The number of benzene rings is 1. The van der Waals surface area contributed by atoms with E-state index in [0.29, 0.717) is 28.8 Å². The fourth-order valence-electron chi connectivity index (χ4n) is 1.81. The van der Waals surface area contributed by atoms with Crippen LogP contribution in [0, 0.1) is 5.82 Å². The summed E-state index contributed by atoms with van der Waals surface area (Å²) in [5.74, 6) is -0.748. The smallest absolute Gasteiger partial charge is 0.313 e. The molecule has 0 unspecified atom stereocenters. The van der Waals surface area contributed by atoms with Crippen LogP contribution in [0.1, 0.15) is 6.92 Å². The lowest BCUT2D eigenvalue weighted by Gasteiger charge is -2.08. The molecule has 0 atom stereocenters. The Balaban J connectivity index is 2.38. The fourth-order valence-corrected chi connectivity index (χ4v) is 2.53. The van der Waals surface area contributed by atoms with Gasteiger partial charge in [0.15, 0.2) is 11.0 Å². The van der Waals surface area contributed by atoms with Crippen LogP contribution in [0.5, 0.6) is 5.75 Å². The van der Waals surface area contributed by atoms with E-state index in [0.717, 1.165) is 11.8 Å². The maximum Gasteiger partial charge on any atom is 0.313 e. The van der Waals surface area contributed by atoms with Crippen LogP contribution in [-0.2, 0) is 11.3 Å². The molecule has 0 fully saturated rings. The molecule has 0 amide bonds. The van der Waals surface area contributed by atoms with Crippen molar-refractivity contribution in [1.29, 1.82) is 0 Å². The van der Waals surface area contributed by atoms with E-state index in [2.05, 4.69) is 10.2 Å². The van der Waals surface area contributed by atoms with Crippen LogP contribution in [0.2, 0.25) is 0 Å². The molecule has 0 bridgehead atoms. The molecule has 112 valence electrons. The van der Waals surface area contributed by atoms with Gasteiger partial charge in [-0.3, -0.25) is 4.79 Å². The second-order valence-electron chi connectivity index (χ2n) is 4.08. The van der Waals surface area contributed by atoms with Gasteiger partial charge in [-0.05, 0) is 19.1 Å². The third-order valence-corrected chi connectivity index (χ3v) is 3.73. The van der Waals surface area contributed by atoms with Gasteiger partial charge in [-0.2, -0.15) is 0 Å². The summed E-state index contributed by atoms with van der Waals surface area (Å²) in [5.41, 5.74) is 0.298. The number of carbonyl (C=O) groups is 1. The van der Waals surface area contributed by atoms with Crippen molar-refractivity contribution < 1.29 is 19.0 Å². The Morgan fingerprint density at radius 3 is 2.81 bits per heavy atom. The number of aliphatic carboxylic acids is 1. The largest absolute Gasteiger partial charge is 0.497 e. The molecule has 1 aromatic carbocycles. The maximum atomic E-state index is 14.1. The molecule has 8 heteroatoms. The Labute approximate surface area is 124 Å². The first-order valence-electron chi connectivity index (χ1n) is 6.18. The number of ether oxygens (including phenoxy) is 1. The highest BCUT2D eigenvalue weighted by Crippen LogP contribution is 2.28. The third kappa shape index (κ3) is 3.33. The SMILES string of the molecule is CCn1c(SCC(=O)O)nnc1-c1ccc(OC)cc1F. The molecule has 1 N–H and O–H groups in total. The van der Waals surface area contributed by atoms with Crippen molar-refractivity contribution in [2.45, 2.75) is 18.6 Å². The summed E-state index contributed by atoms with van der Waals surface area (Å²) in [4.78, 5) is 10.6. The molecule has 0 aliphatic heterocycles. The number of thioether (sulfide) groups is 1. The Morgan fingerprint density at radius 1 is 1.48 bits per heavy atom. The number of halogens is 1. The predicted molar refractivity (Wildman–Crippen MR) is 76.0 cm³/mol. The highest BCUT2D eigenvalue weighted by molar-refractivity contribution is 7.99. The van der Waals surface area contributed by atoms with E-state index in [1.54, 1.807) is 16.7 Å². The van der Waals surface area contributed by atoms with Crippen molar-refractivity contribution in [1.82, 2.24) is 14.8 Å². The number of methoxy groups -OCH3 is 1. The molecule has 1 aromatic heterocycles. The minimum absolute atomic E-state index is 0.122. The fraction of sp³-hybridized carbons (Fsp3) is 0.308. The monoisotopic (exact) mass is 311 g/mol. The molecule has 0 radical (unpaired) electrons. The zero-order valence-corrected chi connectivity index (χ0v) is 12.4. The molecule has 21 heavy (non-hydrogen) atoms. The zero-order valence-electron chi connectivity index (χ0n) is 11.5. The number of hydrogen-bond acceptors (Lipinski definition) is 5. The van der Waals surface area contributed by atoms with Gasteiger partial charge in [0.05, 0.1) is 18.4 Å². The quantitative estimate of drug-likeness (QED) is 0.825. The number of hydrogen-bond donors (Lipinski definition) is 1. The van der Waals surface area contributed by atoms with Gasteiger partial charge in [0.1, 0.15) is 11.6 Å².